The first-order valence-corrected chi connectivity index (χ1v) is 7.99. The van der Waals surface area contributed by atoms with Crippen LogP contribution in [0.25, 0.3) is 11.7 Å². The van der Waals surface area contributed by atoms with Crippen LogP contribution in [0, 0.1) is 5.92 Å². The molecule has 3 rings (SSSR count). The molecule has 1 amide bonds. The number of hydrogen-bond donors (Lipinski definition) is 0. The SMILES string of the molecule is CC1CCCN(C(=O)CSc2nnc(-c3ccco3)o2)C1. The zero-order valence-electron chi connectivity index (χ0n) is 11.8. The number of piperidine rings is 1. The molecule has 21 heavy (non-hydrogen) atoms. The average Bonchev–Trinajstić information content (AvgIpc) is 3.15. The molecular formula is C14H17N3O3S. The van der Waals surface area contributed by atoms with Crippen LogP contribution in [0.15, 0.2) is 32.5 Å². The lowest BCUT2D eigenvalue weighted by atomic mass is 10.0. The van der Waals surface area contributed by atoms with Crippen LogP contribution in [0.4, 0.5) is 0 Å². The molecule has 2 aromatic rings. The highest BCUT2D eigenvalue weighted by Gasteiger charge is 2.21. The van der Waals surface area contributed by atoms with Gasteiger partial charge < -0.3 is 13.7 Å². The van der Waals surface area contributed by atoms with E-state index in [-0.39, 0.29) is 5.91 Å². The Hall–Kier alpha value is -1.76. The third-order valence-electron chi connectivity index (χ3n) is 3.47. The number of carbonyl (C=O) groups is 1. The van der Waals surface area contributed by atoms with Gasteiger partial charge in [-0.2, -0.15) is 0 Å². The van der Waals surface area contributed by atoms with E-state index in [0.717, 1.165) is 19.5 Å². The highest BCUT2D eigenvalue weighted by Crippen LogP contribution is 2.24. The Morgan fingerprint density at radius 3 is 3.19 bits per heavy atom. The third-order valence-corrected chi connectivity index (χ3v) is 4.27. The molecule has 112 valence electrons. The summed E-state index contributed by atoms with van der Waals surface area (Å²) in [4.78, 5) is 14.1. The molecule has 7 heteroatoms. The summed E-state index contributed by atoms with van der Waals surface area (Å²) in [7, 11) is 0. The van der Waals surface area contributed by atoms with Crippen molar-refractivity contribution in [2.75, 3.05) is 18.8 Å². The molecule has 1 unspecified atom stereocenters. The molecule has 0 aliphatic carbocycles. The summed E-state index contributed by atoms with van der Waals surface area (Å²) < 4.78 is 10.6. The molecule has 0 spiro atoms. The van der Waals surface area contributed by atoms with E-state index in [4.69, 9.17) is 8.83 Å². The Labute approximate surface area is 126 Å². The number of thioether (sulfide) groups is 1. The van der Waals surface area contributed by atoms with E-state index in [1.165, 1.54) is 18.2 Å². The summed E-state index contributed by atoms with van der Waals surface area (Å²) in [5.74, 6) is 1.91. The van der Waals surface area contributed by atoms with Crippen molar-refractivity contribution < 1.29 is 13.6 Å². The summed E-state index contributed by atoms with van der Waals surface area (Å²) >= 11 is 1.27. The number of rotatable bonds is 4. The van der Waals surface area contributed by atoms with Crippen LogP contribution >= 0.6 is 11.8 Å². The van der Waals surface area contributed by atoms with Gasteiger partial charge in [0.25, 0.3) is 11.1 Å². The van der Waals surface area contributed by atoms with Crippen molar-refractivity contribution in [3.63, 3.8) is 0 Å². The topological polar surface area (TPSA) is 72.4 Å². The normalized spacial score (nSPS) is 18.9. The van der Waals surface area contributed by atoms with Crippen LogP contribution < -0.4 is 0 Å². The number of hydrogen-bond acceptors (Lipinski definition) is 6. The van der Waals surface area contributed by atoms with E-state index >= 15 is 0 Å². The maximum atomic E-state index is 12.1. The van der Waals surface area contributed by atoms with E-state index in [9.17, 15) is 4.79 Å². The molecule has 0 aromatic carbocycles. The van der Waals surface area contributed by atoms with Crippen LogP contribution in [-0.2, 0) is 4.79 Å². The van der Waals surface area contributed by atoms with Gasteiger partial charge in [0.1, 0.15) is 0 Å². The fourth-order valence-electron chi connectivity index (χ4n) is 2.40. The minimum absolute atomic E-state index is 0.129. The molecule has 1 aliphatic rings. The van der Waals surface area contributed by atoms with Crippen LogP contribution in [-0.4, -0.2) is 39.8 Å². The maximum absolute atomic E-state index is 12.1. The first-order valence-electron chi connectivity index (χ1n) is 7.00. The van der Waals surface area contributed by atoms with Crippen LogP contribution in [0.1, 0.15) is 19.8 Å². The molecule has 0 saturated carbocycles. The van der Waals surface area contributed by atoms with Gasteiger partial charge in [-0.25, -0.2) is 0 Å². The molecule has 1 aliphatic heterocycles. The molecule has 0 N–H and O–H groups in total. The number of furan rings is 1. The summed E-state index contributed by atoms with van der Waals surface area (Å²) in [6.45, 7) is 3.88. The Kier molecular flexibility index (Phi) is 4.28. The van der Waals surface area contributed by atoms with E-state index in [2.05, 4.69) is 17.1 Å². The minimum atomic E-state index is 0.129. The standard InChI is InChI=1S/C14H17N3O3S/c1-10-4-2-6-17(8-10)12(18)9-21-14-16-15-13(20-14)11-5-3-7-19-11/h3,5,7,10H,2,4,6,8-9H2,1H3. The third kappa shape index (κ3) is 3.47. The van der Waals surface area contributed by atoms with E-state index < -0.39 is 0 Å². The molecule has 0 radical (unpaired) electrons. The molecule has 3 heterocycles. The number of likely N-dealkylation sites (tertiary alicyclic amines) is 1. The second-order valence-corrected chi connectivity index (χ2v) is 6.15. The maximum Gasteiger partial charge on any atom is 0.284 e. The lowest BCUT2D eigenvalue weighted by Crippen LogP contribution is -2.40. The molecule has 2 aromatic heterocycles. The van der Waals surface area contributed by atoms with Gasteiger partial charge in [-0.1, -0.05) is 18.7 Å². The summed E-state index contributed by atoms with van der Waals surface area (Å²) in [5.41, 5.74) is 0. The molecule has 6 nitrogen and oxygen atoms in total. The number of carbonyl (C=O) groups excluding carboxylic acids is 1. The lowest BCUT2D eigenvalue weighted by molar-refractivity contribution is -0.130. The Balaban J connectivity index is 1.54. The largest absolute Gasteiger partial charge is 0.459 e. The smallest absolute Gasteiger partial charge is 0.284 e. The molecule has 0 bridgehead atoms. The van der Waals surface area contributed by atoms with E-state index in [1.54, 1.807) is 18.4 Å². The van der Waals surface area contributed by atoms with Crippen molar-refractivity contribution in [1.82, 2.24) is 15.1 Å². The van der Waals surface area contributed by atoms with Gasteiger partial charge in [-0.3, -0.25) is 4.79 Å². The molecule has 1 fully saturated rings. The van der Waals surface area contributed by atoms with Gasteiger partial charge in [0, 0.05) is 13.1 Å². The van der Waals surface area contributed by atoms with Crippen LogP contribution in [0.5, 0.6) is 0 Å². The zero-order chi connectivity index (χ0) is 14.7. The van der Waals surface area contributed by atoms with Gasteiger partial charge in [0.05, 0.1) is 12.0 Å². The van der Waals surface area contributed by atoms with Crippen LogP contribution in [0.2, 0.25) is 0 Å². The van der Waals surface area contributed by atoms with Gasteiger partial charge >= 0.3 is 0 Å². The highest BCUT2D eigenvalue weighted by molar-refractivity contribution is 7.99. The number of aromatic nitrogens is 2. The molecule has 1 atom stereocenters. The van der Waals surface area contributed by atoms with Crippen molar-refractivity contribution in [2.24, 2.45) is 5.92 Å². The Bertz CT molecular complexity index is 596. The number of amides is 1. The van der Waals surface area contributed by atoms with Crippen molar-refractivity contribution in [2.45, 2.75) is 25.0 Å². The Morgan fingerprint density at radius 2 is 2.43 bits per heavy atom. The quantitative estimate of drug-likeness (QED) is 0.809. The van der Waals surface area contributed by atoms with Crippen molar-refractivity contribution in [3.8, 4) is 11.7 Å². The first kappa shape index (κ1) is 14.2. The predicted molar refractivity (Wildman–Crippen MR) is 77.7 cm³/mol. The first-order chi connectivity index (χ1) is 10.2. The van der Waals surface area contributed by atoms with Gasteiger partial charge in [0.15, 0.2) is 5.76 Å². The predicted octanol–water partition coefficient (Wildman–Crippen LogP) is 2.68. The second-order valence-electron chi connectivity index (χ2n) is 5.23. The summed E-state index contributed by atoms with van der Waals surface area (Å²) in [6.07, 6.45) is 3.83. The second kappa shape index (κ2) is 6.34. The minimum Gasteiger partial charge on any atom is -0.459 e. The Morgan fingerprint density at radius 1 is 1.52 bits per heavy atom. The fraction of sp³-hybridized carbons (Fsp3) is 0.500. The van der Waals surface area contributed by atoms with E-state index in [1.807, 2.05) is 4.90 Å². The molecular weight excluding hydrogens is 290 g/mol. The molecule has 1 saturated heterocycles. The van der Waals surface area contributed by atoms with Crippen molar-refractivity contribution >= 4 is 17.7 Å². The summed E-state index contributed by atoms with van der Waals surface area (Å²) in [5, 5.41) is 8.21. The monoisotopic (exact) mass is 307 g/mol. The fourth-order valence-corrected chi connectivity index (χ4v) is 3.06. The van der Waals surface area contributed by atoms with E-state index in [0.29, 0.717) is 28.5 Å². The van der Waals surface area contributed by atoms with Gasteiger partial charge in [-0.05, 0) is 30.9 Å². The average molecular weight is 307 g/mol. The van der Waals surface area contributed by atoms with Gasteiger partial charge in [-0.15, -0.1) is 10.2 Å². The lowest BCUT2D eigenvalue weighted by Gasteiger charge is -2.30. The number of nitrogens with zero attached hydrogens (tertiary/aromatic N) is 3. The zero-order valence-corrected chi connectivity index (χ0v) is 12.6. The van der Waals surface area contributed by atoms with Crippen molar-refractivity contribution in [3.05, 3.63) is 18.4 Å². The van der Waals surface area contributed by atoms with Gasteiger partial charge in [0.2, 0.25) is 5.91 Å². The summed E-state index contributed by atoms with van der Waals surface area (Å²) in [6, 6.07) is 3.51. The van der Waals surface area contributed by atoms with Crippen LogP contribution in [0.3, 0.4) is 0 Å². The highest BCUT2D eigenvalue weighted by atomic mass is 32.2. The van der Waals surface area contributed by atoms with Crippen molar-refractivity contribution in [1.29, 1.82) is 0 Å².